The van der Waals surface area contributed by atoms with Crippen LogP contribution in [0.15, 0.2) is 15.8 Å². The lowest BCUT2D eigenvalue weighted by Crippen LogP contribution is -2.44. The number of aliphatic hydroxyl groups is 2. The molecule has 10 heteroatoms. The number of ether oxygens (including phenoxy) is 1. The number of hydrogen-bond acceptors (Lipinski definition) is 5. The maximum atomic E-state index is 13.5. The Kier molecular flexibility index (Phi) is 3.90. The molecule has 0 radical (unpaired) electrons. The summed E-state index contributed by atoms with van der Waals surface area (Å²) < 4.78 is 45.7. The van der Waals surface area contributed by atoms with Crippen molar-refractivity contribution in [3.63, 3.8) is 0 Å². The molecule has 22 heavy (non-hydrogen) atoms. The lowest BCUT2D eigenvalue weighted by Gasteiger charge is -2.25. The highest BCUT2D eigenvalue weighted by atomic mass is 35.5. The average Bonchev–Trinajstić information content (AvgIpc) is 2.74. The predicted octanol–water partition coefficient (Wildman–Crippen LogP) is -1.12. The third-order valence-corrected chi connectivity index (χ3v) is 3.51. The first-order chi connectivity index (χ1) is 11.0. The van der Waals surface area contributed by atoms with Crippen LogP contribution in [0.2, 0.25) is 0 Å². The standard InChI is InChI=1S/C12H11ClF2N2O5/c13-12(2-1-3-14)8(19)7(5-18)22-10(12)17-4-6(15)9(20)16-11(17)21/h4,7-8,10,18-19H,3,5H2,(H,16,20,21)/t7-,8+,10-,12?/m1/s1/i5D2. The fourth-order valence-electron chi connectivity index (χ4n) is 1.99. The first-order valence-electron chi connectivity index (χ1n) is 6.84. The lowest BCUT2D eigenvalue weighted by molar-refractivity contribution is -0.0467. The van der Waals surface area contributed by atoms with Gasteiger partial charge < -0.3 is 14.9 Å². The molecule has 2 rings (SSSR count). The van der Waals surface area contributed by atoms with Crippen LogP contribution in [0.5, 0.6) is 0 Å². The molecule has 0 amide bonds. The first-order valence-corrected chi connectivity index (χ1v) is 6.22. The summed E-state index contributed by atoms with van der Waals surface area (Å²) in [6.45, 7) is -4.28. The number of aliphatic hydroxyl groups excluding tert-OH is 1. The van der Waals surface area contributed by atoms with E-state index in [4.69, 9.17) is 19.1 Å². The van der Waals surface area contributed by atoms with Gasteiger partial charge in [0, 0.05) is 0 Å². The molecular formula is C12H11ClF2N2O5. The fourth-order valence-corrected chi connectivity index (χ4v) is 2.33. The van der Waals surface area contributed by atoms with Crippen LogP contribution < -0.4 is 11.2 Å². The summed E-state index contributed by atoms with van der Waals surface area (Å²) in [6.07, 6.45) is -5.39. The Morgan fingerprint density at radius 3 is 2.91 bits per heavy atom. The van der Waals surface area contributed by atoms with E-state index in [1.165, 1.54) is 0 Å². The summed E-state index contributed by atoms with van der Waals surface area (Å²) in [5.74, 6) is 2.60. The van der Waals surface area contributed by atoms with Crippen LogP contribution in [-0.2, 0) is 4.74 Å². The normalized spacial score (nSPS) is 32.9. The lowest BCUT2D eigenvalue weighted by atomic mass is 9.99. The van der Waals surface area contributed by atoms with Gasteiger partial charge in [-0.15, -0.1) is 0 Å². The maximum absolute atomic E-state index is 13.5. The minimum Gasteiger partial charge on any atom is -0.394 e. The zero-order valence-electron chi connectivity index (χ0n) is 12.7. The van der Waals surface area contributed by atoms with Gasteiger partial charge in [-0.1, -0.05) is 23.4 Å². The van der Waals surface area contributed by atoms with Crippen LogP contribution in [0, 0.1) is 17.7 Å². The van der Waals surface area contributed by atoms with E-state index in [0.29, 0.717) is 10.8 Å². The molecule has 120 valence electrons. The molecule has 1 fully saturated rings. The molecule has 1 unspecified atom stereocenters. The number of nitrogens with one attached hydrogen (secondary N) is 1. The van der Waals surface area contributed by atoms with E-state index < -0.39 is 53.6 Å². The summed E-state index contributed by atoms with van der Waals surface area (Å²) in [6, 6.07) is 0. The molecule has 1 aliphatic heterocycles. The van der Waals surface area contributed by atoms with E-state index in [-0.39, 0.29) is 0 Å². The molecule has 1 aliphatic rings. The number of hydrogen-bond donors (Lipinski definition) is 3. The Bertz CT molecular complexity index is 815. The Morgan fingerprint density at radius 1 is 1.64 bits per heavy atom. The molecule has 0 aliphatic carbocycles. The first kappa shape index (κ1) is 13.9. The van der Waals surface area contributed by atoms with Crippen molar-refractivity contribution < 1.29 is 26.5 Å². The highest BCUT2D eigenvalue weighted by Crippen LogP contribution is 2.42. The van der Waals surface area contributed by atoms with Gasteiger partial charge >= 0.3 is 5.69 Å². The highest BCUT2D eigenvalue weighted by Gasteiger charge is 2.55. The SMILES string of the molecule is [2H]C([2H])(O)[C@H]1O[C@@H](n2cc(F)c(=O)[nH]c2=O)C(Cl)(C#CCF)[C@H]1O. The van der Waals surface area contributed by atoms with Crippen molar-refractivity contribution in [2.45, 2.75) is 23.3 Å². The fraction of sp³-hybridized carbons (Fsp3) is 0.500. The van der Waals surface area contributed by atoms with Crippen LogP contribution >= 0.6 is 11.6 Å². The number of rotatable bonds is 2. The topological polar surface area (TPSA) is 105 Å². The minimum atomic E-state index is -3.10. The number of alkyl halides is 2. The molecule has 2 heterocycles. The van der Waals surface area contributed by atoms with Crippen LogP contribution in [0.4, 0.5) is 8.78 Å². The zero-order chi connectivity index (χ0) is 18.3. The highest BCUT2D eigenvalue weighted by molar-refractivity contribution is 6.27. The maximum Gasteiger partial charge on any atom is 0.330 e. The van der Waals surface area contributed by atoms with Gasteiger partial charge in [0.1, 0.15) is 18.9 Å². The second kappa shape index (κ2) is 6.18. The van der Waals surface area contributed by atoms with Gasteiger partial charge in [0.05, 0.1) is 15.5 Å². The smallest absolute Gasteiger partial charge is 0.330 e. The summed E-state index contributed by atoms with van der Waals surface area (Å²) >= 11 is 6.10. The largest absolute Gasteiger partial charge is 0.394 e. The number of aromatic nitrogens is 2. The third kappa shape index (κ3) is 2.66. The zero-order valence-corrected chi connectivity index (χ0v) is 11.5. The van der Waals surface area contributed by atoms with Crippen molar-refractivity contribution in [2.24, 2.45) is 0 Å². The molecule has 1 aromatic heterocycles. The number of H-pyrrole nitrogens is 1. The van der Waals surface area contributed by atoms with Crippen molar-refractivity contribution in [3.05, 3.63) is 32.9 Å². The molecule has 1 aromatic rings. The Morgan fingerprint density at radius 2 is 2.32 bits per heavy atom. The second-order valence-electron chi connectivity index (χ2n) is 4.33. The van der Waals surface area contributed by atoms with Crippen molar-refractivity contribution in [1.82, 2.24) is 9.55 Å². The number of halogens is 3. The van der Waals surface area contributed by atoms with Crippen LogP contribution in [-0.4, -0.2) is 50.1 Å². The van der Waals surface area contributed by atoms with Gasteiger partial charge in [0.25, 0.3) is 5.56 Å². The predicted molar refractivity (Wildman–Crippen MR) is 70.6 cm³/mol. The van der Waals surface area contributed by atoms with E-state index in [2.05, 4.69) is 5.92 Å². The molecule has 1 saturated heterocycles. The van der Waals surface area contributed by atoms with Gasteiger partial charge in [-0.3, -0.25) is 14.3 Å². The monoisotopic (exact) mass is 338 g/mol. The van der Waals surface area contributed by atoms with Gasteiger partial charge in [0.2, 0.25) is 5.82 Å². The molecule has 0 saturated carbocycles. The molecule has 0 aromatic carbocycles. The molecule has 3 N–H and O–H groups in total. The summed E-state index contributed by atoms with van der Waals surface area (Å²) in [5.41, 5.74) is -2.51. The van der Waals surface area contributed by atoms with Crippen LogP contribution in [0.1, 0.15) is 8.97 Å². The average molecular weight is 339 g/mol. The van der Waals surface area contributed by atoms with Gasteiger partial charge in [-0.25, -0.2) is 9.18 Å². The van der Waals surface area contributed by atoms with Gasteiger partial charge in [0.15, 0.2) is 11.1 Å². The Balaban J connectivity index is 2.64. The quantitative estimate of drug-likeness (QED) is 0.468. The van der Waals surface area contributed by atoms with Crippen molar-refractivity contribution in [3.8, 4) is 11.8 Å². The van der Waals surface area contributed by atoms with Crippen molar-refractivity contribution in [1.29, 1.82) is 0 Å². The van der Waals surface area contributed by atoms with E-state index in [1.54, 1.807) is 4.98 Å². The molecule has 0 bridgehead atoms. The summed E-state index contributed by atoms with van der Waals surface area (Å²) in [4.78, 5) is 22.3. The summed E-state index contributed by atoms with van der Waals surface area (Å²) in [5, 5.41) is 19.6. The van der Waals surface area contributed by atoms with E-state index in [0.717, 1.165) is 0 Å². The van der Waals surface area contributed by atoms with Crippen LogP contribution in [0.25, 0.3) is 0 Å². The number of aromatic amines is 1. The van der Waals surface area contributed by atoms with Crippen molar-refractivity contribution >= 4 is 11.6 Å². The van der Waals surface area contributed by atoms with Crippen molar-refractivity contribution in [2.75, 3.05) is 13.2 Å². The third-order valence-electron chi connectivity index (χ3n) is 3.00. The molecular weight excluding hydrogens is 326 g/mol. The molecule has 7 nitrogen and oxygen atoms in total. The Labute approximate surface area is 129 Å². The van der Waals surface area contributed by atoms with Gasteiger partial charge in [-0.2, -0.15) is 4.39 Å². The summed E-state index contributed by atoms with van der Waals surface area (Å²) in [7, 11) is 0. The molecule has 0 spiro atoms. The molecule has 4 atom stereocenters. The van der Waals surface area contributed by atoms with E-state index >= 15 is 0 Å². The minimum absolute atomic E-state index is 0.419. The Hall–Kier alpha value is -1.73. The second-order valence-corrected chi connectivity index (χ2v) is 4.96. The van der Waals surface area contributed by atoms with E-state index in [9.17, 15) is 28.6 Å². The van der Waals surface area contributed by atoms with E-state index in [1.807, 2.05) is 5.92 Å². The van der Waals surface area contributed by atoms with Crippen LogP contribution in [0.3, 0.4) is 0 Å². The van der Waals surface area contributed by atoms with Gasteiger partial charge in [-0.05, 0) is 0 Å². The number of nitrogens with zero attached hydrogens (tertiary/aromatic N) is 1.